The van der Waals surface area contributed by atoms with E-state index in [4.69, 9.17) is 0 Å². The van der Waals surface area contributed by atoms with Crippen LogP contribution in [0.2, 0.25) is 0 Å². The predicted molar refractivity (Wildman–Crippen MR) is 140 cm³/mol. The molecule has 2 aliphatic carbocycles. The average Bonchev–Trinajstić information content (AvgIpc) is 3.10. The summed E-state index contributed by atoms with van der Waals surface area (Å²) in [7, 11) is 2.19. The molecule has 0 atom stereocenters. The average molecular weight is 444 g/mol. The van der Waals surface area contributed by atoms with Gasteiger partial charge in [0.15, 0.2) is 11.0 Å². The minimum Gasteiger partial charge on any atom is -0.232 e. The fraction of sp³-hybridized carbons (Fsp3) is 0.581. The molecule has 0 N–H and O–H groups in total. The lowest BCUT2D eigenvalue weighted by molar-refractivity contribution is -0.645. The van der Waals surface area contributed by atoms with Crippen LogP contribution in [0.15, 0.2) is 36.7 Å². The maximum Gasteiger partial charge on any atom is 0.249 e. The lowest BCUT2D eigenvalue weighted by Gasteiger charge is -2.44. The van der Waals surface area contributed by atoms with Gasteiger partial charge in [-0.05, 0) is 86.4 Å². The molecular weight excluding hydrogens is 400 g/mol. The molecule has 2 heteroatoms. The van der Waals surface area contributed by atoms with E-state index in [0.29, 0.717) is 0 Å². The van der Waals surface area contributed by atoms with E-state index < -0.39 is 0 Å². The Balaban J connectivity index is 1.76. The molecule has 1 heterocycles. The summed E-state index contributed by atoms with van der Waals surface area (Å²) in [5.41, 5.74) is 10.8. The Morgan fingerprint density at radius 2 is 1.21 bits per heavy atom. The van der Waals surface area contributed by atoms with Gasteiger partial charge in [-0.25, -0.2) is 4.57 Å². The zero-order valence-corrected chi connectivity index (χ0v) is 22.8. The van der Waals surface area contributed by atoms with Gasteiger partial charge in [0.1, 0.15) is 5.69 Å². The summed E-state index contributed by atoms with van der Waals surface area (Å²) in [5, 5.41) is 0. The van der Waals surface area contributed by atoms with Gasteiger partial charge in [-0.1, -0.05) is 75.3 Å². The summed E-state index contributed by atoms with van der Waals surface area (Å²) in [4.78, 5) is 0. The van der Waals surface area contributed by atoms with E-state index in [0.717, 1.165) is 0 Å². The molecule has 1 aromatic heterocycles. The molecule has 0 aliphatic heterocycles. The molecule has 0 unspecified atom stereocenters. The second kappa shape index (κ2) is 6.32. The summed E-state index contributed by atoms with van der Waals surface area (Å²) >= 11 is 0. The zero-order chi connectivity index (χ0) is 24.4. The molecule has 5 rings (SSSR count). The van der Waals surface area contributed by atoms with E-state index >= 15 is 0 Å². The van der Waals surface area contributed by atoms with Crippen LogP contribution < -0.4 is 4.57 Å². The molecule has 2 aromatic carbocycles. The molecule has 2 nitrogen and oxygen atoms in total. The summed E-state index contributed by atoms with van der Waals surface area (Å²) in [5.74, 6) is 0. The van der Waals surface area contributed by atoms with Crippen LogP contribution in [0.25, 0.3) is 16.7 Å². The number of hydrogen-bond acceptors (Lipinski definition) is 0. The molecular formula is C31H43N2+. The quantitative estimate of drug-likeness (QED) is 0.346. The number of benzene rings is 2. The molecule has 0 amide bonds. The fourth-order valence-corrected chi connectivity index (χ4v) is 6.77. The standard InChI is InChI=1S/C31H43N2/c1-27(2)14-15-28(3,4)23-18-26-25(17-22(23)27)32(11)19-33(26)20-12-13-21-24(16-20)30(7,8)31(9,10)29(21,5)6/h12-13,16-19H,14-15H2,1-11H3/q+1. The van der Waals surface area contributed by atoms with Crippen molar-refractivity contribution < 1.29 is 4.57 Å². The van der Waals surface area contributed by atoms with Crippen molar-refractivity contribution >= 4 is 11.0 Å². The van der Waals surface area contributed by atoms with Gasteiger partial charge in [-0.15, -0.1) is 0 Å². The monoisotopic (exact) mass is 443 g/mol. The smallest absolute Gasteiger partial charge is 0.232 e. The van der Waals surface area contributed by atoms with Crippen molar-refractivity contribution in [2.24, 2.45) is 12.5 Å². The van der Waals surface area contributed by atoms with Gasteiger partial charge in [0, 0.05) is 0 Å². The maximum absolute atomic E-state index is 2.50. The van der Waals surface area contributed by atoms with Crippen LogP contribution >= 0.6 is 0 Å². The minimum atomic E-state index is 0.109. The highest BCUT2D eigenvalue weighted by molar-refractivity contribution is 5.78. The number of rotatable bonds is 1. The van der Waals surface area contributed by atoms with E-state index in [1.54, 1.807) is 0 Å². The van der Waals surface area contributed by atoms with Gasteiger partial charge in [0.25, 0.3) is 0 Å². The van der Waals surface area contributed by atoms with Crippen LogP contribution in [0.5, 0.6) is 0 Å². The highest BCUT2D eigenvalue weighted by Crippen LogP contribution is 2.61. The highest BCUT2D eigenvalue weighted by Gasteiger charge is 2.56. The first-order valence-corrected chi connectivity index (χ1v) is 12.7. The van der Waals surface area contributed by atoms with E-state index in [-0.39, 0.29) is 27.1 Å². The largest absolute Gasteiger partial charge is 0.249 e. The van der Waals surface area contributed by atoms with Gasteiger partial charge in [-0.3, -0.25) is 0 Å². The molecule has 2 aliphatic rings. The van der Waals surface area contributed by atoms with Crippen LogP contribution in [0.4, 0.5) is 0 Å². The van der Waals surface area contributed by atoms with Crippen molar-refractivity contribution in [1.82, 2.24) is 4.57 Å². The second-order valence-corrected chi connectivity index (χ2v) is 13.9. The molecule has 0 saturated carbocycles. The number of hydrogen-bond donors (Lipinski definition) is 0. The van der Waals surface area contributed by atoms with E-state index in [2.05, 4.69) is 122 Å². The highest BCUT2D eigenvalue weighted by atomic mass is 15.1. The zero-order valence-electron chi connectivity index (χ0n) is 22.8. The Morgan fingerprint density at radius 3 is 1.82 bits per heavy atom. The van der Waals surface area contributed by atoms with Gasteiger partial charge >= 0.3 is 0 Å². The van der Waals surface area contributed by atoms with Gasteiger partial charge in [0.05, 0.1) is 7.05 Å². The molecule has 176 valence electrons. The minimum absolute atomic E-state index is 0.109. The fourth-order valence-electron chi connectivity index (χ4n) is 6.77. The van der Waals surface area contributed by atoms with E-state index in [9.17, 15) is 0 Å². The van der Waals surface area contributed by atoms with Crippen molar-refractivity contribution in [1.29, 1.82) is 0 Å². The Morgan fingerprint density at radius 1 is 0.667 bits per heavy atom. The summed E-state index contributed by atoms with van der Waals surface area (Å²) in [6, 6.07) is 12.2. The van der Waals surface area contributed by atoms with Crippen LogP contribution in [-0.4, -0.2) is 4.57 Å². The Bertz CT molecular complexity index is 1290. The molecule has 0 fully saturated rings. The summed E-state index contributed by atoms with van der Waals surface area (Å²) < 4.78 is 4.72. The van der Waals surface area contributed by atoms with Gasteiger partial charge in [-0.2, -0.15) is 4.57 Å². The van der Waals surface area contributed by atoms with Crippen LogP contribution in [0.3, 0.4) is 0 Å². The van der Waals surface area contributed by atoms with Crippen molar-refractivity contribution in [3.63, 3.8) is 0 Å². The third-order valence-corrected chi connectivity index (χ3v) is 10.6. The van der Waals surface area contributed by atoms with Crippen LogP contribution in [0, 0.1) is 5.41 Å². The van der Waals surface area contributed by atoms with E-state index in [1.807, 2.05) is 0 Å². The van der Waals surface area contributed by atoms with Crippen molar-refractivity contribution in [3.05, 3.63) is 58.9 Å². The molecule has 0 saturated heterocycles. The van der Waals surface area contributed by atoms with Crippen LogP contribution in [-0.2, 0) is 28.7 Å². The number of imidazole rings is 1. The normalized spacial score (nSPS) is 23.4. The Kier molecular flexibility index (Phi) is 4.34. The topological polar surface area (TPSA) is 8.81 Å². The first-order valence-electron chi connectivity index (χ1n) is 12.7. The lowest BCUT2D eigenvalue weighted by atomic mass is 9.59. The SMILES string of the molecule is C[n+]1cn(-c2ccc3c(c2)C(C)(C)C(C)(C)C3(C)C)c2cc3c(cc21)C(C)(C)CCC3(C)C. The molecule has 0 spiro atoms. The van der Waals surface area contributed by atoms with Gasteiger partial charge in [0.2, 0.25) is 6.33 Å². The summed E-state index contributed by atoms with van der Waals surface area (Å²) in [6.07, 6.45) is 4.76. The van der Waals surface area contributed by atoms with Crippen molar-refractivity contribution in [2.75, 3.05) is 0 Å². The first-order chi connectivity index (χ1) is 15.0. The number of aromatic nitrogens is 2. The molecule has 33 heavy (non-hydrogen) atoms. The molecule has 3 aromatic rings. The van der Waals surface area contributed by atoms with E-state index in [1.165, 1.54) is 51.8 Å². The van der Waals surface area contributed by atoms with Crippen molar-refractivity contribution in [3.8, 4) is 5.69 Å². The third-order valence-electron chi connectivity index (χ3n) is 10.6. The van der Waals surface area contributed by atoms with Crippen LogP contribution in [0.1, 0.15) is 104 Å². The molecule has 0 radical (unpaired) electrons. The number of nitrogens with zero attached hydrogens (tertiary/aromatic N) is 2. The summed E-state index contributed by atoms with van der Waals surface area (Å²) in [6.45, 7) is 24.2. The maximum atomic E-state index is 2.50. The lowest BCUT2D eigenvalue weighted by Crippen LogP contribution is -2.42. The van der Waals surface area contributed by atoms with Gasteiger partial charge < -0.3 is 0 Å². The second-order valence-electron chi connectivity index (χ2n) is 13.9. The Labute approximate surface area is 201 Å². The van der Waals surface area contributed by atoms with Crippen molar-refractivity contribution in [2.45, 2.75) is 104 Å². The number of fused-ring (bicyclic) bond motifs is 3. The predicted octanol–water partition coefficient (Wildman–Crippen LogP) is 7.40. The third kappa shape index (κ3) is 2.76. The Hall–Kier alpha value is -2.09. The number of aryl methyl sites for hydroxylation is 1. The molecule has 0 bridgehead atoms. The first kappa shape index (κ1) is 22.7.